The Morgan fingerprint density at radius 1 is 1.40 bits per heavy atom. The Morgan fingerprint density at radius 3 is 2.80 bits per heavy atom. The van der Waals surface area contributed by atoms with Crippen LogP contribution in [0, 0.1) is 5.92 Å². The number of fused-ring (bicyclic) bond motifs is 1. The van der Waals surface area contributed by atoms with Gasteiger partial charge in [-0.25, -0.2) is 0 Å². The molecule has 1 aliphatic carbocycles. The van der Waals surface area contributed by atoms with E-state index in [1.54, 1.807) is 0 Å². The van der Waals surface area contributed by atoms with E-state index in [1.165, 1.54) is 11.1 Å². The molecule has 0 bridgehead atoms. The average molecular weight is 274 g/mol. The second kappa shape index (κ2) is 6.40. The topological polar surface area (TPSA) is 46.3 Å². The van der Waals surface area contributed by atoms with Crippen LogP contribution in [-0.4, -0.2) is 23.9 Å². The van der Waals surface area contributed by atoms with Crippen molar-refractivity contribution in [1.29, 1.82) is 0 Å². The summed E-state index contributed by atoms with van der Waals surface area (Å²) in [5, 5.41) is 0. The van der Waals surface area contributed by atoms with Crippen molar-refractivity contribution in [2.45, 2.75) is 51.6 Å². The Morgan fingerprint density at radius 2 is 2.10 bits per heavy atom. The summed E-state index contributed by atoms with van der Waals surface area (Å²) >= 11 is 0. The molecular formula is C17H26N2O. The first-order valence-electron chi connectivity index (χ1n) is 7.60. The highest BCUT2D eigenvalue weighted by atomic mass is 16.2. The molecule has 0 radical (unpaired) electrons. The Hall–Kier alpha value is -1.35. The normalized spacial score (nSPS) is 19.6. The van der Waals surface area contributed by atoms with Crippen LogP contribution < -0.4 is 5.73 Å². The number of likely N-dealkylation sites (N-methyl/N-ethyl adjacent to an activating group) is 1. The van der Waals surface area contributed by atoms with E-state index in [4.69, 9.17) is 5.73 Å². The van der Waals surface area contributed by atoms with Gasteiger partial charge in [-0.3, -0.25) is 4.79 Å². The van der Waals surface area contributed by atoms with E-state index in [2.05, 4.69) is 38.1 Å². The summed E-state index contributed by atoms with van der Waals surface area (Å²) in [6.07, 6.45) is 4.04. The fourth-order valence-electron chi connectivity index (χ4n) is 3.15. The summed E-state index contributed by atoms with van der Waals surface area (Å²) in [5.41, 5.74) is 8.73. The van der Waals surface area contributed by atoms with E-state index in [0.717, 1.165) is 25.7 Å². The third kappa shape index (κ3) is 3.21. The van der Waals surface area contributed by atoms with Crippen LogP contribution in [0.25, 0.3) is 0 Å². The first kappa shape index (κ1) is 15.0. The van der Waals surface area contributed by atoms with E-state index in [1.807, 2.05) is 11.9 Å². The molecule has 0 aliphatic heterocycles. The Kier molecular flexibility index (Phi) is 4.81. The number of hydrogen-bond donors (Lipinski definition) is 1. The van der Waals surface area contributed by atoms with E-state index in [9.17, 15) is 4.79 Å². The summed E-state index contributed by atoms with van der Waals surface area (Å²) in [5.74, 6) is 0.515. The summed E-state index contributed by atoms with van der Waals surface area (Å²) in [6.45, 7) is 4.20. The Labute approximate surface area is 122 Å². The van der Waals surface area contributed by atoms with Crippen molar-refractivity contribution in [3.8, 4) is 0 Å². The van der Waals surface area contributed by atoms with Gasteiger partial charge in [0.2, 0.25) is 5.91 Å². The van der Waals surface area contributed by atoms with Crippen molar-refractivity contribution >= 4 is 5.91 Å². The van der Waals surface area contributed by atoms with Crippen LogP contribution >= 0.6 is 0 Å². The van der Waals surface area contributed by atoms with Gasteiger partial charge >= 0.3 is 0 Å². The van der Waals surface area contributed by atoms with Crippen LogP contribution in [0.1, 0.15) is 50.3 Å². The lowest BCUT2D eigenvalue weighted by Gasteiger charge is -2.35. The highest BCUT2D eigenvalue weighted by Gasteiger charge is 2.29. The maximum atomic E-state index is 12.5. The van der Waals surface area contributed by atoms with Crippen LogP contribution in [0.4, 0.5) is 0 Å². The van der Waals surface area contributed by atoms with Gasteiger partial charge in [-0.05, 0) is 42.7 Å². The molecule has 0 spiro atoms. The van der Waals surface area contributed by atoms with Crippen LogP contribution in [0.3, 0.4) is 0 Å². The zero-order chi connectivity index (χ0) is 14.7. The molecule has 2 rings (SSSR count). The molecule has 1 unspecified atom stereocenters. The Bertz CT molecular complexity index is 470. The zero-order valence-electron chi connectivity index (χ0n) is 12.8. The van der Waals surface area contributed by atoms with E-state index < -0.39 is 0 Å². The number of benzene rings is 1. The van der Waals surface area contributed by atoms with Gasteiger partial charge in [-0.2, -0.15) is 0 Å². The van der Waals surface area contributed by atoms with Crippen molar-refractivity contribution in [2.75, 3.05) is 7.05 Å². The summed E-state index contributed by atoms with van der Waals surface area (Å²) < 4.78 is 0. The van der Waals surface area contributed by atoms with Gasteiger partial charge in [0.1, 0.15) is 0 Å². The minimum Gasteiger partial charge on any atom is -0.337 e. The van der Waals surface area contributed by atoms with E-state index >= 15 is 0 Å². The fourth-order valence-corrected chi connectivity index (χ4v) is 3.15. The molecular weight excluding hydrogens is 248 g/mol. The lowest BCUT2D eigenvalue weighted by Crippen LogP contribution is -2.44. The monoisotopic (exact) mass is 274 g/mol. The second-order valence-electron chi connectivity index (χ2n) is 6.29. The highest BCUT2D eigenvalue weighted by Crippen LogP contribution is 2.33. The SMILES string of the molecule is CC(C)C[C@@H](N)C(=O)N(C)C1CCCc2ccccc21. The van der Waals surface area contributed by atoms with E-state index in [-0.39, 0.29) is 18.0 Å². The molecule has 3 nitrogen and oxygen atoms in total. The summed E-state index contributed by atoms with van der Waals surface area (Å²) in [7, 11) is 1.90. The standard InChI is InChI=1S/C17H26N2O/c1-12(2)11-15(18)17(20)19(3)16-10-6-8-13-7-4-5-9-14(13)16/h4-5,7,9,12,15-16H,6,8,10-11,18H2,1-3H3/t15-,16?/m1/s1. The maximum Gasteiger partial charge on any atom is 0.239 e. The number of hydrogen-bond acceptors (Lipinski definition) is 2. The molecule has 0 fully saturated rings. The van der Waals surface area contributed by atoms with Gasteiger partial charge in [0.05, 0.1) is 12.1 Å². The quantitative estimate of drug-likeness (QED) is 0.917. The molecule has 1 aliphatic rings. The minimum absolute atomic E-state index is 0.0698. The van der Waals surface area contributed by atoms with E-state index in [0.29, 0.717) is 5.92 Å². The molecule has 1 aromatic rings. The number of nitrogens with two attached hydrogens (primary N) is 1. The predicted octanol–water partition coefficient (Wildman–Crippen LogP) is 2.90. The lowest BCUT2D eigenvalue weighted by atomic mass is 9.86. The molecule has 0 saturated heterocycles. The molecule has 0 aromatic heterocycles. The first-order valence-corrected chi connectivity index (χ1v) is 7.60. The first-order chi connectivity index (χ1) is 9.50. The number of rotatable bonds is 4. The fraction of sp³-hybridized carbons (Fsp3) is 0.588. The lowest BCUT2D eigenvalue weighted by molar-refractivity contribution is -0.134. The van der Waals surface area contributed by atoms with Crippen LogP contribution in [0.2, 0.25) is 0 Å². The average Bonchev–Trinajstić information content (AvgIpc) is 2.44. The number of carbonyl (C=O) groups excluding carboxylic acids is 1. The minimum atomic E-state index is -0.380. The number of aryl methyl sites for hydroxylation is 1. The van der Waals surface area contributed by atoms with Crippen molar-refractivity contribution in [3.05, 3.63) is 35.4 Å². The molecule has 20 heavy (non-hydrogen) atoms. The molecule has 2 atom stereocenters. The third-order valence-corrected chi connectivity index (χ3v) is 4.20. The van der Waals surface area contributed by atoms with Crippen LogP contribution in [0.15, 0.2) is 24.3 Å². The molecule has 2 N–H and O–H groups in total. The second-order valence-corrected chi connectivity index (χ2v) is 6.29. The molecule has 1 aromatic carbocycles. The van der Waals surface area contributed by atoms with Crippen molar-refractivity contribution < 1.29 is 4.79 Å². The summed E-state index contributed by atoms with van der Waals surface area (Å²) in [6, 6.07) is 8.27. The van der Waals surface area contributed by atoms with Crippen molar-refractivity contribution in [3.63, 3.8) is 0 Å². The largest absolute Gasteiger partial charge is 0.337 e. The summed E-state index contributed by atoms with van der Waals surface area (Å²) in [4.78, 5) is 14.4. The van der Waals surface area contributed by atoms with Gasteiger partial charge in [-0.15, -0.1) is 0 Å². The van der Waals surface area contributed by atoms with Crippen molar-refractivity contribution in [1.82, 2.24) is 4.90 Å². The van der Waals surface area contributed by atoms with Gasteiger partial charge in [0.25, 0.3) is 0 Å². The molecule has 110 valence electrons. The van der Waals surface area contributed by atoms with Gasteiger partial charge in [0.15, 0.2) is 0 Å². The van der Waals surface area contributed by atoms with Gasteiger partial charge in [-0.1, -0.05) is 38.1 Å². The molecule has 0 saturated carbocycles. The molecule has 0 heterocycles. The number of nitrogens with zero attached hydrogens (tertiary/aromatic N) is 1. The van der Waals surface area contributed by atoms with Gasteiger partial charge in [0, 0.05) is 7.05 Å². The smallest absolute Gasteiger partial charge is 0.239 e. The number of amides is 1. The highest BCUT2D eigenvalue weighted by molar-refractivity contribution is 5.82. The Balaban J connectivity index is 2.14. The predicted molar refractivity (Wildman–Crippen MR) is 82.3 cm³/mol. The zero-order valence-corrected chi connectivity index (χ0v) is 12.8. The molecule has 1 amide bonds. The third-order valence-electron chi connectivity index (χ3n) is 4.20. The van der Waals surface area contributed by atoms with Crippen molar-refractivity contribution in [2.24, 2.45) is 11.7 Å². The van der Waals surface area contributed by atoms with Gasteiger partial charge < -0.3 is 10.6 Å². The molecule has 3 heteroatoms. The number of carbonyl (C=O) groups is 1. The van der Waals surface area contributed by atoms with Crippen LogP contribution in [-0.2, 0) is 11.2 Å². The maximum absolute atomic E-state index is 12.5. The van der Waals surface area contributed by atoms with Crippen LogP contribution in [0.5, 0.6) is 0 Å².